The molecule has 1 N–H and O–H groups in total. The molecule has 0 bridgehead atoms. The van der Waals surface area contributed by atoms with E-state index in [4.69, 9.17) is 21.1 Å². The van der Waals surface area contributed by atoms with Crippen LogP contribution in [0.2, 0.25) is 5.02 Å². The van der Waals surface area contributed by atoms with Crippen LogP contribution < -0.4 is 14.8 Å². The van der Waals surface area contributed by atoms with Gasteiger partial charge in [-0.25, -0.2) is 0 Å². The summed E-state index contributed by atoms with van der Waals surface area (Å²) in [5.41, 5.74) is 1.87. The maximum absolute atomic E-state index is 12.3. The molecule has 170 valence electrons. The van der Waals surface area contributed by atoms with Gasteiger partial charge in [-0.2, -0.15) is 4.52 Å². The first-order valence-corrected chi connectivity index (χ1v) is 11.1. The van der Waals surface area contributed by atoms with E-state index in [1.807, 2.05) is 18.2 Å². The van der Waals surface area contributed by atoms with Crippen molar-refractivity contribution in [1.82, 2.24) is 25.1 Å². The fourth-order valence-electron chi connectivity index (χ4n) is 3.12. The van der Waals surface area contributed by atoms with Gasteiger partial charge in [0, 0.05) is 17.2 Å². The number of nitrogens with one attached hydrogen (secondary N) is 1. The Morgan fingerprint density at radius 1 is 1.00 bits per heavy atom. The molecule has 2 aromatic heterocycles. The lowest BCUT2D eigenvalue weighted by molar-refractivity contribution is 0.0946. The van der Waals surface area contributed by atoms with E-state index in [1.54, 1.807) is 47.0 Å². The van der Waals surface area contributed by atoms with Crippen LogP contribution in [0.1, 0.15) is 30.1 Å². The standard InChI is InChI=1S/C24H24ClN5O3/c1-2-3-15-32-18-10-8-17(9-11-18)24(31)26-14-16-33-22-13-12-21-27-28-23(30(21)29-22)19-6-4-5-7-20(19)25/h4-13H,2-3,14-16H2,1H3,(H,26,31). The predicted octanol–water partition coefficient (Wildman–Crippen LogP) is 4.43. The molecule has 0 radical (unpaired) electrons. The molecular weight excluding hydrogens is 442 g/mol. The largest absolute Gasteiger partial charge is 0.494 e. The van der Waals surface area contributed by atoms with E-state index < -0.39 is 0 Å². The van der Waals surface area contributed by atoms with E-state index in [2.05, 4.69) is 27.5 Å². The van der Waals surface area contributed by atoms with Gasteiger partial charge < -0.3 is 14.8 Å². The summed E-state index contributed by atoms with van der Waals surface area (Å²) in [6.45, 7) is 3.37. The molecule has 2 heterocycles. The molecule has 0 atom stereocenters. The third-order valence-corrected chi connectivity index (χ3v) is 5.20. The third kappa shape index (κ3) is 5.59. The van der Waals surface area contributed by atoms with Gasteiger partial charge in [-0.3, -0.25) is 4.79 Å². The van der Waals surface area contributed by atoms with Crippen LogP contribution in [-0.4, -0.2) is 45.5 Å². The van der Waals surface area contributed by atoms with Crippen LogP contribution in [0.25, 0.3) is 17.0 Å². The summed E-state index contributed by atoms with van der Waals surface area (Å²) in [4.78, 5) is 12.3. The fraction of sp³-hybridized carbons (Fsp3) is 0.250. The van der Waals surface area contributed by atoms with Crippen LogP contribution >= 0.6 is 11.6 Å². The van der Waals surface area contributed by atoms with E-state index in [1.165, 1.54) is 0 Å². The Morgan fingerprint density at radius 2 is 1.82 bits per heavy atom. The topological polar surface area (TPSA) is 90.6 Å². The maximum atomic E-state index is 12.3. The Bertz CT molecular complexity index is 1230. The number of aromatic nitrogens is 4. The normalized spacial score (nSPS) is 10.8. The zero-order valence-electron chi connectivity index (χ0n) is 18.2. The van der Waals surface area contributed by atoms with Crippen molar-refractivity contribution in [2.75, 3.05) is 19.8 Å². The van der Waals surface area contributed by atoms with Gasteiger partial charge in [-0.05, 0) is 48.9 Å². The van der Waals surface area contributed by atoms with Crippen molar-refractivity contribution in [3.8, 4) is 23.0 Å². The number of halogens is 1. The van der Waals surface area contributed by atoms with Gasteiger partial charge >= 0.3 is 0 Å². The molecule has 0 aliphatic rings. The first-order chi connectivity index (χ1) is 16.2. The van der Waals surface area contributed by atoms with Crippen molar-refractivity contribution in [1.29, 1.82) is 0 Å². The van der Waals surface area contributed by atoms with Crippen molar-refractivity contribution in [2.45, 2.75) is 19.8 Å². The van der Waals surface area contributed by atoms with Gasteiger partial charge in [-0.15, -0.1) is 15.3 Å². The molecule has 8 nitrogen and oxygen atoms in total. The smallest absolute Gasteiger partial charge is 0.251 e. The first kappa shape index (κ1) is 22.5. The fourth-order valence-corrected chi connectivity index (χ4v) is 3.34. The van der Waals surface area contributed by atoms with Gasteiger partial charge in [0.15, 0.2) is 11.5 Å². The lowest BCUT2D eigenvalue weighted by Crippen LogP contribution is -2.28. The molecular formula is C24H24ClN5O3. The minimum atomic E-state index is -0.179. The summed E-state index contributed by atoms with van der Waals surface area (Å²) in [6.07, 6.45) is 2.08. The lowest BCUT2D eigenvalue weighted by Gasteiger charge is -2.09. The number of carbonyl (C=O) groups excluding carboxylic acids is 1. The second-order valence-corrected chi connectivity index (χ2v) is 7.68. The minimum Gasteiger partial charge on any atom is -0.494 e. The summed E-state index contributed by atoms with van der Waals surface area (Å²) < 4.78 is 12.9. The number of amides is 1. The van der Waals surface area contributed by atoms with Crippen LogP contribution in [0.15, 0.2) is 60.7 Å². The molecule has 0 aliphatic carbocycles. The number of ether oxygens (including phenoxy) is 2. The highest BCUT2D eigenvalue weighted by Gasteiger charge is 2.13. The van der Waals surface area contributed by atoms with Gasteiger partial charge in [0.2, 0.25) is 5.88 Å². The summed E-state index contributed by atoms with van der Waals surface area (Å²) in [5, 5.41) is 16.2. The van der Waals surface area contributed by atoms with Crippen molar-refractivity contribution in [3.05, 3.63) is 71.2 Å². The van der Waals surface area contributed by atoms with E-state index >= 15 is 0 Å². The van der Waals surface area contributed by atoms with Gasteiger partial charge in [0.1, 0.15) is 12.4 Å². The number of hydrogen-bond acceptors (Lipinski definition) is 6. The average Bonchev–Trinajstić information content (AvgIpc) is 3.26. The highest BCUT2D eigenvalue weighted by Crippen LogP contribution is 2.26. The van der Waals surface area contributed by atoms with Crippen molar-refractivity contribution in [3.63, 3.8) is 0 Å². The molecule has 0 spiro atoms. The summed E-state index contributed by atoms with van der Waals surface area (Å²) in [6, 6.07) is 17.9. The number of unbranched alkanes of at least 4 members (excludes halogenated alkanes) is 1. The quantitative estimate of drug-likeness (QED) is 0.348. The molecule has 33 heavy (non-hydrogen) atoms. The molecule has 9 heteroatoms. The van der Waals surface area contributed by atoms with Crippen LogP contribution in [0.3, 0.4) is 0 Å². The van der Waals surface area contributed by atoms with Crippen LogP contribution in [0, 0.1) is 0 Å². The number of hydrogen-bond donors (Lipinski definition) is 1. The molecule has 0 unspecified atom stereocenters. The second kappa shape index (κ2) is 10.8. The Labute approximate surface area is 196 Å². The number of fused-ring (bicyclic) bond motifs is 1. The zero-order valence-corrected chi connectivity index (χ0v) is 19.0. The van der Waals surface area contributed by atoms with Gasteiger partial charge in [0.05, 0.1) is 18.2 Å². The Hall–Kier alpha value is -3.65. The third-order valence-electron chi connectivity index (χ3n) is 4.87. The number of rotatable bonds is 10. The summed E-state index contributed by atoms with van der Waals surface area (Å²) in [7, 11) is 0. The van der Waals surface area contributed by atoms with E-state index in [0.29, 0.717) is 41.1 Å². The maximum Gasteiger partial charge on any atom is 0.251 e. The molecule has 0 saturated carbocycles. The molecule has 1 amide bonds. The number of benzene rings is 2. The minimum absolute atomic E-state index is 0.179. The van der Waals surface area contributed by atoms with Gasteiger partial charge in [0.25, 0.3) is 5.91 Å². The first-order valence-electron chi connectivity index (χ1n) is 10.8. The molecule has 4 aromatic rings. The molecule has 0 saturated heterocycles. The molecule has 0 aliphatic heterocycles. The van der Waals surface area contributed by atoms with Crippen molar-refractivity contribution >= 4 is 23.2 Å². The van der Waals surface area contributed by atoms with Crippen molar-refractivity contribution < 1.29 is 14.3 Å². The average molecular weight is 466 g/mol. The summed E-state index contributed by atoms with van der Waals surface area (Å²) in [5.74, 6) is 1.49. The number of carbonyl (C=O) groups is 1. The highest BCUT2D eigenvalue weighted by atomic mass is 35.5. The molecule has 0 fully saturated rings. The van der Waals surface area contributed by atoms with Crippen LogP contribution in [0.5, 0.6) is 11.6 Å². The van der Waals surface area contributed by atoms with E-state index in [-0.39, 0.29) is 12.5 Å². The SMILES string of the molecule is CCCCOc1ccc(C(=O)NCCOc2ccc3nnc(-c4ccccc4Cl)n3n2)cc1. The molecule has 2 aromatic carbocycles. The zero-order chi connectivity index (χ0) is 23.0. The second-order valence-electron chi connectivity index (χ2n) is 7.28. The Morgan fingerprint density at radius 3 is 2.61 bits per heavy atom. The lowest BCUT2D eigenvalue weighted by atomic mass is 10.2. The summed E-state index contributed by atoms with van der Waals surface area (Å²) >= 11 is 6.29. The van der Waals surface area contributed by atoms with E-state index in [0.717, 1.165) is 24.2 Å². The monoisotopic (exact) mass is 465 g/mol. The van der Waals surface area contributed by atoms with E-state index in [9.17, 15) is 4.79 Å². The van der Waals surface area contributed by atoms with Crippen molar-refractivity contribution in [2.24, 2.45) is 0 Å². The molecule has 4 rings (SSSR count). The highest BCUT2D eigenvalue weighted by molar-refractivity contribution is 6.33. The van der Waals surface area contributed by atoms with Gasteiger partial charge in [-0.1, -0.05) is 37.1 Å². The van der Waals surface area contributed by atoms with Crippen LogP contribution in [-0.2, 0) is 0 Å². The van der Waals surface area contributed by atoms with Crippen LogP contribution in [0.4, 0.5) is 0 Å². The predicted molar refractivity (Wildman–Crippen MR) is 126 cm³/mol. The Kier molecular flexibility index (Phi) is 7.36. The Balaban J connectivity index is 1.31. The number of nitrogens with zero attached hydrogens (tertiary/aromatic N) is 4.